The fraction of sp³-hybridized carbons (Fsp3) is 1.00. The van der Waals surface area contributed by atoms with E-state index in [1.165, 1.54) is 0 Å². The number of rotatable bonds is 3. The Morgan fingerprint density at radius 3 is 2.78 bits per heavy atom. The highest BCUT2D eigenvalue weighted by molar-refractivity contribution is 7.91. The highest BCUT2D eigenvalue weighted by Gasteiger charge is 2.26. The third kappa shape index (κ3) is 3.91. The summed E-state index contributed by atoms with van der Waals surface area (Å²) in [5.41, 5.74) is 0. The molecule has 2 fully saturated rings. The predicted molar refractivity (Wildman–Crippen MR) is 73.6 cm³/mol. The van der Waals surface area contributed by atoms with Gasteiger partial charge in [-0.1, -0.05) is 0 Å². The molecule has 0 amide bonds. The maximum atomic E-state index is 11.5. The van der Waals surface area contributed by atoms with Gasteiger partial charge in [-0.25, -0.2) is 8.42 Å². The van der Waals surface area contributed by atoms with E-state index >= 15 is 0 Å². The largest absolute Gasteiger partial charge is 0.312 e. The third-order valence-corrected chi connectivity index (χ3v) is 5.88. The monoisotopic (exact) mass is 275 g/mol. The Morgan fingerprint density at radius 1 is 1.33 bits per heavy atom. The van der Waals surface area contributed by atoms with Crippen LogP contribution in [-0.2, 0) is 9.84 Å². The first-order chi connectivity index (χ1) is 8.46. The Hall–Kier alpha value is -0.170. The van der Waals surface area contributed by atoms with Gasteiger partial charge >= 0.3 is 0 Å². The average molecular weight is 275 g/mol. The van der Waals surface area contributed by atoms with E-state index in [1.807, 2.05) is 0 Å². The van der Waals surface area contributed by atoms with E-state index in [9.17, 15) is 8.42 Å². The maximum Gasteiger partial charge on any atom is 0.153 e. The van der Waals surface area contributed by atoms with Gasteiger partial charge in [-0.15, -0.1) is 0 Å². The zero-order valence-corrected chi connectivity index (χ0v) is 12.2. The van der Waals surface area contributed by atoms with Crippen molar-refractivity contribution in [3.63, 3.8) is 0 Å². The lowest BCUT2D eigenvalue weighted by molar-refractivity contribution is 0.102. The van der Waals surface area contributed by atoms with Crippen molar-refractivity contribution in [1.82, 2.24) is 15.1 Å². The summed E-state index contributed by atoms with van der Waals surface area (Å²) in [7, 11) is -0.630. The minimum absolute atomic E-state index is 0.152. The molecule has 0 radical (unpaired) electrons. The summed E-state index contributed by atoms with van der Waals surface area (Å²) in [5.74, 6) is 0.616. The van der Waals surface area contributed by atoms with Crippen molar-refractivity contribution in [3.05, 3.63) is 0 Å². The van der Waals surface area contributed by atoms with Crippen molar-refractivity contribution in [2.24, 2.45) is 0 Å². The minimum atomic E-state index is -2.79. The van der Waals surface area contributed by atoms with Crippen LogP contribution in [0.5, 0.6) is 0 Å². The zero-order chi connectivity index (χ0) is 13.2. The Labute approximate surface area is 110 Å². The van der Waals surface area contributed by atoms with Crippen molar-refractivity contribution in [2.75, 3.05) is 51.3 Å². The van der Waals surface area contributed by atoms with Crippen molar-refractivity contribution in [3.8, 4) is 0 Å². The lowest BCUT2D eigenvalue weighted by Gasteiger charge is -2.38. The van der Waals surface area contributed by atoms with Crippen LogP contribution in [0.1, 0.15) is 13.3 Å². The number of nitrogens with zero attached hydrogens (tertiary/aromatic N) is 2. The molecule has 2 saturated heterocycles. The molecule has 0 aromatic carbocycles. The van der Waals surface area contributed by atoms with Crippen LogP contribution in [0.15, 0.2) is 0 Å². The molecular formula is C12H25N3O2S. The molecule has 2 rings (SSSR count). The molecular weight excluding hydrogens is 250 g/mol. The van der Waals surface area contributed by atoms with Gasteiger partial charge < -0.3 is 15.1 Å². The number of nitrogens with one attached hydrogen (secondary N) is 1. The highest BCUT2D eigenvalue weighted by atomic mass is 32.2. The third-order valence-electron chi connectivity index (χ3n) is 4.14. The summed E-state index contributed by atoms with van der Waals surface area (Å²) in [6.45, 7) is 7.17. The molecule has 0 aliphatic carbocycles. The normalized spacial score (nSPS) is 34.6. The molecule has 6 heteroatoms. The first-order valence-corrected chi connectivity index (χ1v) is 8.65. The number of hydrogen-bond donors (Lipinski definition) is 1. The Bertz CT molecular complexity index is 372. The molecule has 0 bridgehead atoms. The highest BCUT2D eigenvalue weighted by Crippen LogP contribution is 2.10. The molecule has 2 atom stereocenters. The fourth-order valence-corrected chi connectivity index (χ4v) is 4.21. The number of hydrogen-bond acceptors (Lipinski definition) is 5. The molecule has 1 N–H and O–H groups in total. The Morgan fingerprint density at radius 2 is 2.11 bits per heavy atom. The summed E-state index contributed by atoms with van der Waals surface area (Å²) in [6, 6.07) is 0.750. The first-order valence-electron chi connectivity index (χ1n) is 6.83. The smallest absolute Gasteiger partial charge is 0.153 e. The molecule has 5 nitrogen and oxygen atoms in total. The molecule has 0 aromatic heterocycles. The quantitative estimate of drug-likeness (QED) is 0.745. The van der Waals surface area contributed by atoms with Crippen LogP contribution in [0, 0.1) is 0 Å². The van der Waals surface area contributed by atoms with Gasteiger partial charge in [-0.2, -0.15) is 0 Å². The molecule has 0 aromatic rings. The van der Waals surface area contributed by atoms with E-state index in [0.717, 1.165) is 32.6 Å². The van der Waals surface area contributed by atoms with Gasteiger partial charge in [-0.3, -0.25) is 0 Å². The van der Waals surface area contributed by atoms with E-state index in [2.05, 4.69) is 29.1 Å². The second-order valence-corrected chi connectivity index (χ2v) is 7.91. The van der Waals surface area contributed by atoms with Crippen LogP contribution in [0.4, 0.5) is 0 Å². The minimum Gasteiger partial charge on any atom is -0.312 e. The molecule has 0 spiro atoms. The van der Waals surface area contributed by atoms with Crippen molar-refractivity contribution < 1.29 is 8.42 Å². The predicted octanol–water partition coefficient (Wildman–Crippen LogP) is -0.601. The molecule has 2 unspecified atom stereocenters. The van der Waals surface area contributed by atoms with Gasteiger partial charge in [0.1, 0.15) is 0 Å². The van der Waals surface area contributed by atoms with Crippen molar-refractivity contribution in [2.45, 2.75) is 25.4 Å². The van der Waals surface area contributed by atoms with Gasteiger partial charge in [0.25, 0.3) is 0 Å². The summed E-state index contributed by atoms with van der Waals surface area (Å²) < 4.78 is 23.1. The van der Waals surface area contributed by atoms with E-state index in [4.69, 9.17) is 0 Å². The lowest BCUT2D eigenvalue weighted by Crippen LogP contribution is -2.52. The fourth-order valence-electron chi connectivity index (χ4n) is 2.72. The van der Waals surface area contributed by atoms with Gasteiger partial charge in [0.2, 0.25) is 0 Å². The van der Waals surface area contributed by atoms with Gasteiger partial charge in [0, 0.05) is 38.3 Å². The number of sulfone groups is 1. The van der Waals surface area contributed by atoms with E-state index in [0.29, 0.717) is 24.1 Å². The summed E-state index contributed by atoms with van der Waals surface area (Å²) in [6.07, 6.45) is 0.940. The average Bonchev–Trinajstić information content (AvgIpc) is 2.29. The topological polar surface area (TPSA) is 52.7 Å². The second-order valence-electron chi connectivity index (χ2n) is 5.68. The first kappa shape index (κ1) is 14.2. The van der Waals surface area contributed by atoms with Crippen LogP contribution in [0.3, 0.4) is 0 Å². The van der Waals surface area contributed by atoms with Gasteiger partial charge in [0.05, 0.1) is 11.5 Å². The van der Waals surface area contributed by atoms with Crippen LogP contribution >= 0.6 is 0 Å². The second kappa shape index (κ2) is 5.86. The number of piperazine rings is 1. The Kier molecular flexibility index (Phi) is 4.64. The Balaban J connectivity index is 1.75. The van der Waals surface area contributed by atoms with Crippen LogP contribution < -0.4 is 5.32 Å². The maximum absolute atomic E-state index is 11.5. The standard InChI is InChI=1S/C12H25N3O2S/c1-11-9-15(7-6-14(11)2)5-3-12-10-18(16,17)8-4-13-12/h11-13H,3-10H2,1-2H3. The van der Waals surface area contributed by atoms with Crippen LogP contribution in [-0.4, -0.2) is 81.6 Å². The van der Waals surface area contributed by atoms with Crippen molar-refractivity contribution in [1.29, 1.82) is 0 Å². The van der Waals surface area contributed by atoms with Crippen LogP contribution in [0.25, 0.3) is 0 Å². The molecule has 2 heterocycles. The molecule has 0 saturated carbocycles. The number of likely N-dealkylation sites (N-methyl/N-ethyl adjacent to an activating group) is 1. The van der Waals surface area contributed by atoms with E-state index < -0.39 is 9.84 Å². The van der Waals surface area contributed by atoms with Crippen molar-refractivity contribution >= 4 is 9.84 Å². The summed E-state index contributed by atoms with van der Waals surface area (Å²) in [5, 5.41) is 3.32. The summed E-state index contributed by atoms with van der Waals surface area (Å²) >= 11 is 0. The molecule has 106 valence electrons. The lowest BCUT2D eigenvalue weighted by atomic mass is 10.1. The van der Waals surface area contributed by atoms with E-state index in [1.54, 1.807) is 0 Å². The van der Waals surface area contributed by atoms with Crippen LogP contribution in [0.2, 0.25) is 0 Å². The SMILES string of the molecule is CC1CN(CCC2CS(=O)(=O)CCN2)CCN1C. The molecule has 2 aliphatic heterocycles. The molecule has 18 heavy (non-hydrogen) atoms. The van der Waals surface area contributed by atoms with Gasteiger partial charge in [-0.05, 0) is 26.9 Å². The summed E-state index contributed by atoms with van der Waals surface area (Å²) in [4.78, 5) is 4.83. The van der Waals surface area contributed by atoms with E-state index in [-0.39, 0.29) is 6.04 Å². The van der Waals surface area contributed by atoms with Gasteiger partial charge in [0.15, 0.2) is 9.84 Å². The molecule has 2 aliphatic rings. The zero-order valence-electron chi connectivity index (χ0n) is 11.4.